The van der Waals surface area contributed by atoms with Gasteiger partial charge in [0.05, 0.1) is 14.2 Å². The van der Waals surface area contributed by atoms with Crippen LogP contribution in [0, 0.1) is 6.92 Å². The number of thioether (sulfide) groups is 1. The van der Waals surface area contributed by atoms with Crippen LogP contribution in [0.15, 0.2) is 46.8 Å². The number of anilines is 1. The fourth-order valence-corrected chi connectivity index (χ4v) is 4.36. The number of nitrogens with zero attached hydrogens (tertiary/aromatic N) is 1. The Morgan fingerprint density at radius 1 is 1.10 bits per heavy atom. The van der Waals surface area contributed by atoms with Crippen molar-refractivity contribution in [2.24, 2.45) is 0 Å². The molecule has 0 unspecified atom stereocenters. The topological polar surface area (TPSA) is 72.5 Å². The highest BCUT2D eigenvalue weighted by molar-refractivity contribution is 8.00. The number of amides is 1. The summed E-state index contributed by atoms with van der Waals surface area (Å²) in [7, 11) is 3.20. The molecule has 0 radical (unpaired) electrons. The first-order valence-electron chi connectivity index (χ1n) is 9.38. The lowest BCUT2D eigenvalue weighted by Crippen LogP contribution is -2.24. The Hall–Kier alpha value is -2.71. The number of benzene rings is 2. The second kappa shape index (κ2) is 10.4. The third-order valence-corrected chi connectivity index (χ3v) is 6.63. The van der Waals surface area contributed by atoms with Gasteiger partial charge in [0.2, 0.25) is 0 Å². The second-order valence-electron chi connectivity index (χ2n) is 6.50. The molecule has 0 atom stereocenters. The van der Waals surface area contributed by atoms with Gasteiger partial charge in [0.25, 0.3) is 5.91 Å². The fraction of sp³-hybridized carbons (Fsp3) is 0.273. The first kappa shape index (κ1) is 22.0. The molecule has 2 aromatic carbocycles. The van der Waals surface area contributed by atoms with Gasteiger partial charge in [-0.25, -0.2) is 4.98 Å². The molecular weight excluding hydrogens is 418 g/mol. The highest BCUT2D eigenvalue weighted by atomic mass is 32.2. The quantitative estimate of drug-likeness (QED) is 0.466. The van der Waals surface area contributed by atoms with Crippen molar-refractivity contribution in [1.82, 2.24) is 10.3 Å². The molecule has 30 heavy (non-hydrogen) atoms. The molecule has 0 saturated heterocycles. The van der Waals surface area contributed by atoms with Crippen LogP contribution in [0.5, 0.6) is 11.5 Å². The number of aromatic nitrogens is 1. The zero-order chi connectivity index (χ0) is 21.5. The minimum absolute atomic E-state index is 0.225. The SMILES string of the molecule is COc1ccc(CNC(=O)c2nc(SC)sc2NCc2ccccc2C)c(OC)c1. The number of nitrogens with one attached hydrogen (secondary N) is 2. The number of rotatable bonds is 9. The number of ether oxygens (including phenoxy) is 2. The number of aryl methyl sites for hydroxylation is 1. The first-order chi connectivity index (χ1) is 14.5. The van der Waals surface area contributed by atoms with E-state index in [0.717, 1.165) is 14.9 Å². The van der Waals surface area contributed by atoms with Crippen LogP contribution >= 0.6 is 23.1 Å². The third kappa shape index (κ3) is 5.25. The van der Waals surface area contributed by atoms with Crippen LogP contribution in [0.1, 0.15) is 27.2 Å². The molecule has 8 heteroatoms. The normalized spacial score (nSPS) is 10.5. The van der Waals surface area contributed by atoms with Crippen molar-refractivity contribution in [3.8, 4) is 11.5 Å². The molecule has 0 aliphatic heterocycles. The Labute approximate surface area is 185 Å². The van der Waals surface area contributed by atoms with Gasteiger partial charge in [-0.2, -0.15) is 0 Å². The monoisotopic (exact) mass is 443 g/mol. The van der Waals surface area contributed by atoms with Crippen LogP contribution in [0.25, 0.3) is 0 Å². The number of thiazole rings is 1. The Balaban J connectivity index is 1.72. The molecule has 0 bridgehead atoms. The maximum absolute atomic E-state index is 12.9. The van der Waals surface area contributed by atoms with Crippen molar-refractivity contribution in [3.05, 3.63) is 64.8 Å². The van der Waals surface area contributed by atoms with Gasteiger partial charge in [0.1, 0.15) is 16.5 Å². The van der Waals surface area contributed by atoms with Crippen molar-refractivity contribution in [1.29, 1.82) is 0 Å². The summed E-state index contributed by atoms with van der Waals surface area (Å²) >= 11 is 3.01. The van der Waals surface area contributed by atoms with E-state index in [0.29, 0.717) is 30.3 Å². The molecule has 0 saturated carbocycles. The summed E-state index contributed by atoms with van der Waals surface area (Å²) in [4.78, 5) is 17.4. The number of carbonyl (C=O) groups excluding carboxylic acids is 1. The van der Waals surface area contributed by atoms with Crippen molar-refractivity contribution in [3.63, 3.8) is 0 Å². The van der Waals surface area contributed by atoms with Crippen molar-refractivity contribution < 1.29 is 14.3 Å². The summed E-state index contributed by atoms with van der Waals surface area (Å²) in [5, 5.41) is 7.10. The lowest BCUT2D eigenvalue weighted by molar-refractivity contribution is 0.0946. The molecule has 6 nitrogen and oxygen atoms in total. The zero-order valence-corrected chi connectivity index (χ0v) is 19.1. The Morgan fingerprint density at radius 2 is 1.90 bits per heavy atom. The van der Waals surface area contributed by atoms with Crippen LogP contribution in [0.3, 0.4) is 0 Å². The van der Waals surface area contributed by atoms with Gasteiger partial charge in [-0.1, -0.05) is 47.4 Å². The first-order valence-corrected chi connectivity index (χ1v) is 11.4. The molecule has 0 spiro atoms. The smallest absolute Gasteiger partial charge is 0.273 e. The van der Waals surface area contributed by atoms with Crippen molar-refractivity contribution >= 4 is 34.0 Å². The van der Waals surface area contributed by atoms with Crippen LogP contribution in [-0.2, 0) is 13.1 Å². The predicted molar refractivity (Wildman–Crippen MR) is 123 cm³/mol. The Kier molecular flexibility index (Phi) is 7.59. The lowest BCUT2D eigenvalue weighted by atomic mass is 10.1. The van der Waals surface area contributed by atoms with Crippen molar-refractivity contribution in [2.75, 3.05) is 25.8 Å². The van der Waals surface area contributed by atoms with Gasteiger partial charge >= 0.3 is 0 Å². The van der Waals surface area contributed by atoms with E-state index < -0.39 is 0 Å². The average Bonchev–Trinajstić information content (AvgIpc) is 3.20. The van der Waals surface area contributed by atoms with Gasteiger partial charge in [0, 0.05) is 24.7 Å². The van der Waals surface area contributed by atoms with E-state index in [1.54, 1.807) is 20.3 Å². The van der Waals surface area contributed by atoms with E-state index in [9.17, 15) is 4.79 Å². The molecule has 1 aromatic heterocycles. The maximum Gasteiger partial charge on any atom is 0.273 e. The number of hydrogen-bond donors (Lipinski definition) is 2. The summed E-state index contributed by atoms with van der Waals surface area (Å²) in [5.41, 5.74) is 3.66. The Morgan fingerprint density at radius 3 is 2.60 bits per heavy atom. The summed E-state index contributed by atoms with van der Waals surface area (Å²) in [6.45, 7) is 3.04. The summed E-state index contributed by atoms with van der Waals surface area (Å²) in [6, 6.07) is 13.7. The van der Waals surface area contributed by atoms with Gasteiger partial charge in [0.15, 0.2) is 10.0 Å². The predicted octanol–water partition coefficient (Wildman–Crippen LogP) is 4.73. The van der Waals surface area contributed by atoms with Gasteiger partial charge in [-0.05, 0) is 36.4 Å². The van der Waals surface area contributed by atoms with E-state index in [1.807, 2.05) is 30.5 Å². The van der Waals surface area contributed by atoms with Crippen molar-refractivity contribution in [2.45, 2.75) is 24.4 Å². The molecule has 2 N–H and O–H groups in total. The summed E-state index contributed by atoms with van der Waals surface area (Å²) in [6.07, 6.45) is 1.95. The second-order valence-corrected chi connectivity index (χ2v) is 8.55. The lowest BCUT2D eigenvalue weighted by Gasteiger charge is -2.12. The number of carbonyl (C=O) groups is 1. The van der Waals surface area contributed by atoms with Gasteiger partial charge in [-0.3, -0.25) is 4.79 Å². The minimum Gasteiger partial charge on any atom is -0.497 e. The van der Waals surface area contributed by atoms with Crippen LogP contribution in [-0.4, -0.2) is 31.4 Å². The van der Waals surface area contributed by atoms with E-state index in [2.05, 4.69) is 34.7 Å². The maximum atomic E-state index is 12.9. The molecule has 1 heterocycles. The largest absolute Gasteiger partial charge is 0.497 e. The highest BCUT2D eigenvalue weighted by Gasteiger charge is 2.19. The number of methoxy groups -OCH3 is 2. The van der Waals surface area contributed by atoms with E-state index in [-0.39, 0.29) is 5.91 Å². The fourth-order valence-electron chi connectivity index (χ4n) is 2.90. The highest BCUT2D eigenvalue weighted by Crippen LogP contribution is 2.31. The van der Waals surface area contributed by atoms with Gasteiger partial charge < -0.3 is 20.1 Å². The molecule has 3 rings (SSSR count). The molecule has 1 amide bonds. The van der Waals surface area contributed by atoms with Crippen LogP contribution in [0.2, 0.25) is 0 Å². The molecule has 0 aliphatic rings. The molecule has 158 valence electrons. The average molecular weight is 444 g/mol. The van der Waals surface area contributed by atoms with E-state index in [4.69, 9.17) is 9.47 Å². The molecule has 0 aliphatic carbocycles. The third-order valence-electron chi connectivity index (χ3n) is 4.63. The van der Waals surface area contributed by atoms with Crippen LogP contribution in [0.4, 0.5) is 5.00 Å². The van der Waals surface area contributed by atoms with E-state index in [1.165, 1.54) is 34.2 Å². The van der Waals surface area contributed by atoms with Crippen LogP contribution < -0.4 is 20.1 Å². The summed E-state index contributed by atoms with van der Waals surface area (Å²) < 4.78 is 11.5. The summed E-state index contributed by atoms with van der Waals surface area (Å²) in [5.74, 6) is 1.14. The molecule has 3 aromatic rings. The zero-order valence-electron chi connectivity index (χ0n) is 17.4. The minimum atomic E-state index is -0.225. The number of hydrogen-bond acceptors (Lipinski definition) is 7. The molecule has 0 fully saturated rings. The standard InChI is InChI=1S/C22H25N3O3S2/c1-14-7-5-6-8-15(14)12-24-21-19(25-22(29-4)30-21)20(26)23-13-16-9-10-17(27-2)11-18(16)28-3/h5-11,24H,12-13H2,1-4H3,(H,23,26). The van der Waals surface area contributed by atoms with Gasteiger partial charge in [-0.15, -0.1) is 0 Å². The van der Waals surface area contributed by atoms with E-state index >= 15 is 0 Å². The molecular formula is C22H25N3O3S2. The Bertz CT molecular complexity index is 1020.